The van der Waals surface area contributed by atoms with Crippen molar-refractivity contribution in [2.45, 2.75) is 51.4 Å². The summed E-state index contributed by atoms with van der Waals surface area (Å²) in [7, 11) is 0. The molecule has 0 aliphatic heterocycles. The number of carbonyl (C=O) groups excluding carboxylic acids is 1. The summed E-state index contributed by atoms with van der Waals surface area (Å²) in [6.45, 7) is 5.18. The normalized spacial score (nSPS) is 28.8. The third-order valence-corrected chi connectivity index (χ3v) is 2.56. The van der Waals surface area contributed by atoms with Crippen LogP contribution in [0.4, 0.5) is 4.79 Å². The minimum Gasteiger partial charge on any atom is -0.481 e. The van der Waals surface area contributed by atoms with Crippen molar-refractivity contribution in [2.24, 2.45) is 5.92 Å². The van der Waals surface area contributed by atoms with Gasteiger partial charge in [-0.25, -0.2) is 4.79 Å². The Kier molecular flexibility index (Phi) is 3.98. The van der Waals surface area contributed by atoms with Gasteiger partial charge in [0.15, 0.2) is 0 Å². The number of carboxylic acids is 1. The highest BCUT2D eigenvalue weighted by Gasteiger charge is 2.39. The van der Waals surface area contributed by atoms with E-state index in [0.29, 0.717) is 0 Å². The Hall–Kier alpha value is -1.30. The Balaban J connectivity index is 2.55. The number of rotatable bonds is 2. The van der Waals surface area contributed by atoms with Crippen LogP contribution in [0.1, 0.15) is 33.6 Å². The summed E-state index contributed by atoms with van der Waals surface area (Å²) in [5.74, 6) is -1.76. The zero-order valence-electron chi connectivity index (χ0n) is 10.3. The quantitative estimate of drug-likeness (QED) is 0.666. The summed E-state index contributed by atoms with van der Waals surface area (Å²) in [6.07, 6.45) is -0.926. The van der Waals surface area contributed by atoms with Crippen molar-refractivity contribution in [1.82, 2.24) is 5.32 Å². The maximum Gasteiger partial charge on any atom is 0.407 e. The van der Waals surface area contributed by atoms with Gasteiger partial charge in [0.05, 0.1) is 12.0 Å². The van der Waals surface area contributed by atoms with E-state index < -0.39 is 35.7 Å². The molecule has 0 spiro atoms. The third kappa shape index (κ3) is 4.22. The molecule has 0 aromatic heterocycles. The van der Waals surface area contributed by atoms with E-state index in [1.165, 1.54) is 0 Å². The van der Waals surface area contributed by atoms with Gasteiger partial charge in [-0.15, -0.1) is 0 Å². The second kappa shape index (κ2) is 4.91. The number of hydrogen-bond acceptors (Lipinski definition) is 4. The van der Waals surface area contributed by atoms with Gasteiger partial charge in [0, 0.05) is 6.04 Å². The average Bonchev–Trinajstić information content (AvgIpc) is 2.42. The topological polar surface area (TPSA) is 95.9 Å². The highest BCUT2D eigenvalue weighted by Crippen LogP contribution is 2.26. The smallest absolute Gasteiger partial charge is 0.407 e. The molecule has 0 heterocycles. The van der Waals surface area contributed by atoms with Crippen LogP contribution in [-0.2, 0) is 9.53 Å². The van der Waals surface area contributed by atoms with Crippen LogP contribution in [0.2, 0.25) is 0 Å². The summed E-state index contributed by atoms with van der Waals surface area (Å²) in [4.78, 5) is 22.4. The lowest BCUT2D eigenvalue weighted by Gasteiger charge is -2.23. The first-order chi connectivity index (χ1) is 7.69. The lowest BCUT2D eigenvalue weighted by atomic mass is 10.0. The SMILES string of the molecule is CC(C)(C)OC(=O)N[C@H]1C[C@@H](O)C[C@H]1C(=O)O. The minimum atomic E-state index is -1.01. The van der Waals surface area contributed by atoms with E-state index in [4.69, 9.17) is 9.84 Å². The fourth-order valence-corrected chi connectivity index (χ4v) is 1.90. The number of amides is 1. The summed E-state index contributed by atoms with van der Waals surface area (Å²) < 4.78 is 5.04. The Morgan fingerprint density at radius 3 is 2.35 bits per heavy atom. The van der Waals surface area contributed by atoms with Crippen molar-refractivity contribution in [1.29, 1.82) is 0 Å². The van der Waals surface area contributed by atoms with E-state index in [2.05, 4.69) is 5.32 Å². The van der Waals surface area contributed by atoms with E-state index >= 15 is 0 Å². The lowest BCUT2D eigenvalue weighted by Crippen LogP contribution is -2.42. The molecule has 6 nitrogen and oxygen atoms in total. The number of carboxylic acid groups (broad SMARTS) is 1. The molecule has 1 aliphatic carbocycles. The van der Waals surface area contributed by atoms with Gasteiger partial charge in [0.2, 0.25) is 0 Å². The van der Waals surface area contributed by atoms with E-state index in [1.54, 1.807) is 20.8 Å². The molecule has 6 heteroatoms. The maximum absolute atomic E-state index is 11.5. The van der Waals surface area contributed by atoms with Crippen LogP contribution in [0.3, 0.4) is 0 Å². The number of aliphatic hydroxyl groups is 1. The van der Waals surface area contributed by atoms with E-state index in [-0.39, 0.29) is 12.8 Å². The molecule has 3 atom stereocenters. The first kappa shape index (κ1) is 13.8. The first-order valence-corrected chi connectivity index (χ1v) is 5.59. The van der Waals surface area contributed by atoms with Crippen LogP contribution >= 0.6 is 0 Å². The number of carbonyl (C=O) groups is 2. The molecule has 0 unspecified atom stereocenters. The summed E-state index contributed by atoms with van der Waals surface area (Å²) >= 11 is 0. The van der Waals surface area contributed by atoms with Crippen molar-refractivity contribution in [3.8, 4) is 0 Å². The van der Waals surface area contributed by atoms with Gasteiger partial charge < -0.3 is 20.3 Å². The molecule has 0 aromatic carbocycles. The second-order valence-corrected chi connectivity index (χ2v) is 5.32. The van der Waals surface area contributed by atoms with E-state index in [1.807, 2.05) is 0 Å². The summed E-state index contributed by atoms with van der Waals surface area (Å²) in [6, 6.07) is -0.572. The number of nitrogens with one attached hydrogen (secondary N) is 1. The minimum absolute atomic E-state index is 0.162. The van der Waals surface area contributed by atoms with Gasteiger partial charge >= 0.3 is 12.1 Å². The van der Waals surface area contributed by atoms with Crippen molar-refractivity contribution in [2.75, 3.05) is 0 Å². The van der Waals surface area contributed by atoms with Gasteiger partial charge in [0.25, 0.3) is 0 Å². The standard InChI is InChI=1S/C11H19NO5/c1-11(2,3)17-10(16)12-8-5-6(13)4-7(8)9(14)15/h6-8,13H,4-5H2,1-3H3,(H,12,16)(H,14,15)/t6-,7+,8-/m0/s1. The average molecular weight is 245 g/mol. The van der Waals surface area contributed by atoms with Crippen molar-refractivity contribution in [3.05, 3.63) is 0 Å². The monoisotopic (exact) mass is 245 g/mol. The van der Waals surface area contributed by atoms with Crippen LogP contribution in [0.5, 0.6) is 0 Å². The molecule has 1 saturated carbocycles. The Morgan fingerprint density at radius 1 is 1.29 bits per heavy atom. The largest absolute Gasteiger partial charge is 0.481 e. The number of alkyl carbamates (subject to hydrolysis) is 1. The lowest BCUT2D eigenvalue weighted by molar-refractivity contribution is -0.142. The van der Waals surface area contributed by atoms with Crippen LogP contribution in [-0.4, -0.2) is 40.0 Å². The van der Waals surface area contributed by atoms with Gasteiger partial charge in [-0.3, -0.25) is 4.79 Å². The molecule has 98 valence electrons. The highest BCUT2D eigenvalue weighted by atomic mass is 16.6. The molecule has 0 aromatic rings. The molecule has 3 N–H and O–H groups in total. The molecule has 1 rings (SSSR count). The number of aliphatic hydroxyl groups excluding tert-OH is 1. The molecular weight excluding hydrogens is 226 g/mol. The van der Waals surface area contributed by atoms with Crippen LogP contribution in [0, 0.1) is 5.92 Å². The number of aliphatic carboxylic acids is 1. The highest BCUT2D eigenvalue weighted by molar-refractivity contribution is 5.74. The molecule has 0 saturated heterocycles. The Morgan fingerprint density at radius 2 is 1.88 bits per heavy atom. The van der Waals surface area contributed by atoms with Gasteiger partial charge in [-0.05, 0) is 33.6 Å². The maximum atomic E-state index is 11.5. The van der Waals surface area contributed by atoms with Gasteiger partial charge in [0.1, 0.15) is 5.60 Å². The van der Waals surface area contributed by atoms with E-state index in [9.17, 15) is 14.7 Å². The third-order valence-electron chi connectivity index (χ3n) is 2.56. The molecule has 1 aliphatic rings. The molecular formula is C11H19NO5. The molecule has 0 bridgehead atoms. The fourth-order valence-electron chi connectivity index (χ4n) is 1.90. The predicted molar refractivity (Wildman–Crippen MR) is 59.5 cm³/mol. The van der Waals surface area contributed by atoms with Gasteiger partial charge in [-0.2, -0.15) is 0 Å². The Labute approximate surface area is 100.0 Å². The summed E-state index contributed by atoms with van der Waals surface area (Å²) in [5.41, 5.74) is -0.625. The van der Waals surface area contributed by atoms with Crippen LogP contribution in [0.15, 0.2) is 0 Å². The molecule has 1 fully saturated rings. The van der Waals surface area contributed by atoms with Crippen LogP contribution < -0.4 is 5.32 Å². The number of hydrogen-bond donors (Lipinski definition) is 3. The van der Waals surface area contributed by atoms with E-state index in [0.717, 1.165) is 0 Å². The molecule has 17 heavy (non-hydrogen) atoms. The van der Waals surface area contributed by atoms with Crippen molar-refractivity contribution < 1.29 is 24.5 Å². The van der Waals surface area contributed by atoms with Crippen molar-refractivity contribution in [3.63, 3.8) is 0 Å². The van der Waals surface area contributed by atoms with Crippen LogP contribution in [0.25, 0.3) is 0 Å². The zero-order valence-corrected chi connectivity index (χ0v) is 10.3. The van der Waals surface area contributed by atoms with Gasteiger partial charge in [-0.1, -0.05) is 0 Å². The summed E-state index contributed by atoms with van der Waals surface area (Å²) in [5, 5.41) is 20.8. The zero-order chi connectivity index (χ0) is 13.2. The predicted octanol–water partition coefficient (Wildman–Crippen LogP) is 0.735. The second-order valence-electron chi connectivity index (χ2n) is 5.32. The number of ether oxygens (including phenoxy) is 1. The first-order valence-electron chi connectivity index (χ1n) is 5.59. The molecule has 1 amide bonds. The van der Waals surface area contributed by atoms with Crippen molar-refractivity contribution >= 4 is 12.1 Å². The fraction of sp³-hybridized carbons (Fsp3) is 0.818. The molecule has 0 radical (unpaired) electrons. The Bertz CT molecular complexity index is 309.